The Morgan fingerprint density at radius 1 is 1.11 bits per heavy atom. The first-order valence-electron chi connectivity index (χ1n) is 8.88. The number of fused-ring (bicyclic) bond motifs is 1. The van der Waals surface area contributed by atoms with Crippen molar-refractivity contribution in [3.05, 3.63) is 29.9 Å². The molecule has 0 atom stereocenters. The van der Waals surface area contributed by atoms with E-state index >= 15 is 0 Å². The quantitative estimate of drug-likeness (QED) is 0.595. The topological polar surface area (TPSA) is 88.1 Å². The molecule has 27 heavy (non-hydrogen) atoms. The lowest BCUT2D eigenvalue weighted by Crippen LogP contribution is -2.02. The third kappa shape index (κ3) is 3.78. The average Bonchev–Trinajstić information content (AvgIpc) is 3.26. The fourth-order valence-electron chi connectivity index (χ4n) is 3.10. The molecule has 0 saturated heterocycles. The van der Waals surface area contributed by atoms with Crippen LogP contribution < -0.4 is 9.47 Å². The molecule has 2 aromatic heterocycles. The van der Waals surface area contributed by atoms with Gasteiger partial charge in [0, 0.05) is 18.5 Å². The highest BCUT2D eigenvalue weighted by Gasteiger charge is 2.17. The zero-order chi connectivity index (χ0) is 18.6. The summed E-state index contributed by atoms with van der Waals surface area (Å²) in [6.07, 6.45) is 4.59. The number of hydrogen-bond acceptors (Lipinski definition) is 8. The fourth-order valence-corrected chi connectivity index (χ4v) is 3.92. The smallest absolute Gasteiger partial charge is 0.237 e. The first-order valence-corrected chi connectivity index (χ1v) is 9.87. The Labute approximate surface area is 161 Å². The Kier molecular flexibility index (Phi) is 5.28. The van der Waals surface area contributed by atoms with Crippen LogP contribution in [0.15, 0.2) is 27.9 Å². The van der Waals surface area contributed by atoms with Crippen LogP contribution in [0.1, 0.15) is 31.0 Å². The molecule has 8 nitrogen and oxygen atoms in total. The van der Waals surface area contributed by atoms with Crippen molar-refractivity contribution >= 4 is 11.8 Å². The summed E-state index contributed by atoms with van der Waals surface area (Å²) >= 11 is 1.57. The summed E-state index contributed by atoms with van der Waals surface area (Å²) in [4.78, 5) is 4.49. The van der Waals surface area contributed by atoms with Crippen molar-refractivity contribution in [2.24, 2.45) is 0 Å². The van der Waals surface area contributed by atoms with Gasteiger partial charge in [0.05, 0.1) is 20.0 Å². The summed E-state index contributed by atoms with van der Waals surface area (Å²) in [7, 11) is 3.20. The zero-order valence-electron chi connectivity index (χ0n) is 15.3. The van der Waals surface area contributed by atoms with Gasteiger partial charge >= 0.3 is 0 Å². The Morgan fingerprint density at radius 2 is 2.00 bits per heavy atom. The van der Waals surface area contributed by atoms with Gasteiger partial charge in [0.25, 0.3) is 0 Å². The van der Waals surface area contributed by atoms with E-state index in [9.17, 15) is 0 Å². The minimum Gasteiger partial charge on any atom is -0.493 e. The van der Waals surface area contributed by atoms with Gasteiger partial charge in [0.1, 0.15) is 5.82 Å². The predicted octanol–water partition coefficient (Wildman–Crippen LogP) is 3.36. The summed E-state index contributed by atoms with van der Waals surface area (Å²) in [5, 5.41) is 13.6. The standard InChI is InChI=1S/C18H21N5O3S/c1-24-13-8-7-12(10-14(13)25-2)17-19-16(26-22-17)11-27-18-21-20-15-6-4-3-5-9-23(15)18/h7-8,10H,3-6,9,11H2,1-2H3. The Bertz CT molecular complexity index is 924. The number of rotatable bonds is 6. The van der Waals surface area contributed by atoms with Crippen LogP contribution in [0, 0.1) is 0 Å². The average molecular weight is 387 g/mol. The van der Waals surface area contributed by atoms with Gasteiger partial charge in [-0.25, -0.2) is 0 Å². The van der Waals surface area contributed by atoms with Gasteiger partial charge in [-0.3, -0.25) is 0 Å². The van der Waals surface area contributed by atoms with E-state index in [1.165, 1.54) is 19.3 Å². The number of benzene rings is 1. The SMILES string of the molecule is COc1ccc(-c2noc(CSc3nnc4n3CCCCC4)n2)cc1OC. The molecule has 3 aromatic rings. The van der Waals surface area contributed by atoms with Gasteiger partial charge in [-0.1, -0.05) is 23.3 Å². The number of aryl methyl sites for hydroxylation is 1. The van der Waals surface area contributed by atoms with E-state index in [1.54, 1.807) is 26.0 Å². The number of hydrogen-bond donors (Lipinski definition) is 0. The first kappa shape index (κ1) is 17.8. The number of thioether (sulfide) groups is 1. The second kappa shape index (κ2) is 7.99. The Hall–Kier alpha value is -2.55. The molecule has 0 spiro atoms. The number of aromatic nitrogens is 5. The highest BCUT2D eigenvalue weighted by atomic mass is 32.2. The van der Waals surface area contributed by atoms with E-state index in [2.05, 4.69) is 24.9 Å². The molecule has 1 aromatic carbocycles. The van der Waals surface area contributed by atoms with E-state index in [0.717, 1.165) is 29.5 Å². The molecule has 4 rings (SSSR count). The maximum atomic E-state index is 5.40. The van der Waals surface area contributed by atoms with Crippen LogP contribution in [-0.4, -0.2) is 39.1 Å². The van der Waals surface area contributed by atoms with Crippen molar-refractivity contribution in [1.82, 2.24) is 24.9 Å². The van der Waals surface area contributed by atoms with Gasteiger partial charge in [-0.2, -0.15) is 4.98 Å². The zero-order valence-corrected chi connectivity index (χ0v) is 16.2. The van der Waals surface area contributed by atoms with Crippen LogP contribution in [0.2, 0.25) is 0 Å². The van der Waals surface area contributed by atoms with Crippen LogP contribution in [0.5, 0.6) is 11.5 Å². The highest BCUT2D eigenvalue weighted by molar-refractivity contribution is 7.98. The molecule has 0 N–H and O–H groups in total. The largest absolute Gasteiger partial charge is 0.493 e. The van der Waals surface area contributed by atoms with Crippen molar-refractivity contribution < 1.29 is 14.0 Å². The maximum absolute atomic E-state index is 5.40. The van der Waals surface area contributed by atoms with Crippen LogP contribution >= 0.6 is 11.8 Å². The molecule has 9 heteroatoms. The van der Waals surface area contributed by atoms with Crippen LogP contribution in [0.25, 0.3) is 11.4 Å². The van der Waals surface area contributed by atoms with Crippen molar-refractivity contribution in [2.45, 2.75) is 43.1 Å². The van der Waals surface area contributed by atoms with Crippen molar-refractivity contribution in [3.8, 4) is 22.9 Å². The number of ether oxygens (including phenoxy) is 2. The monoisotopic (exact) mass is 387 g/mol. The highest BCUT2D eigenvalue weighted by Crippen LogP contribution is 2.31. The molecule has 0 bridgehead atoms. The summed E-state index contributed by atoms with van der Waals surface area (Å²) in [5.41, 5.74) is 0.809. The van der Waals surface area contributed by atoms with E-state index in [0.29, 0.717) is 29.0 Å². The van der Waals surface area contributed by atoms with Crippen LogP contribution in [0.4, 0.5) is 0 Å². The molecular weight excluding hydrogens is 366 g/mol. The number of methoxy groups -OCH3 is 2. The lowest BCUT2D eigenvalue weighted by atomic mass is 10.2. The lowest BCUT2D eigenvalue weighted by Gasteiger charge is -2.07. The molecule has 1 aliphatic rings. The molecule has 142 valence electrons. The minimum absolute atomic E-state index is 0.520. The summed E-state index contributed by atoms with van der Waals surface area (Å²) in [6, 6.07) is 5.53. The predicted molar refractivity (Wildman–Crippen MR) is 100.0 cm³/mol. The fraction of sp³-hybridized carbons (Fsp3) is 0.444. The maximum Gasteiger partial charge on any atom is 0.237 e. The van der Waals surface area contributed by atoms with E-state index in [-0.39, 0.29) is 0 Å². The van der Waals surface area contributed by atoms with Crippen LogP contribution in [0.3, 0.4) is 0 Å². The third-order valence-corrected chi connectivity index (χ3v) is 5.46. The Morgan fingerprint density at radius 3 is 2.85 bits per heavy atom. The minimum atomic E-state index is 0.520. The van der Waals surface area contributed by atoms with Gasteiger partial charge in [0.15, 0.2) is 16.7 Å². The molecule has 0 fully saturated rings. The molecule has 0 aliphatic carbocycles. The second-order valence-electron chi connectivity index (χ2n) is 6.23. The van der Waals surface area contributed by atoms with Crippen molar-refractivity contribution in [2.75, 3.05) is 14.2 Å². The molecule has 0 saturated carbocycles. The number of nitrogens with zero attached hydrogens (tertiary/aromatic N) is 5. The third-order valence-electron chi connectivity index (χ3n) is 4.51. The van der Waals surface area contributed by atoms with Crippen LogP contribution in [-0.2, 0) is 18.7 Å². The first-order chi connectivity index (χ1) is 13.3. The van der Waals surface area contributed by atoms with Crippen molar-refractivity contribution in [1.29, 1.82) is 0 Å². The normalized spacial score (nSPS) is 13.9. The Balaban J connectivity index is 1.47. The van der Waals surface area contributed by atoms with Crippen molar-refractivity contribution in [3.63, 3.8) is 0 Å². The molecule has 0 amide bonds. The summed E-state index contributed by atoms with van der Waals surface area (Å²) < 4.78 is 18.2. The molecule has 0 radical (unpaired) electrons. The molecule has 1 aliphatic heterocycles. The second-order valence-corrected chi connectivity index (χ2v) is 7.17. The molecular formula is C18H21N5O3S. The molecule has 3 heterocycles. The van der Waals surface area contributed by atoms with Gasteiger partial charge in [-0.15, -0.1) is 10.2 Å². The summed E-state index contributed by atoms with van der Waals surface area (Å²) in [5.74, 6) is 3.99. The van der Waals surface area contributed by atoms with E-state index in [1.807, 2.05) is 18.2 Å². The van der Waals surface area contributed by atoms with Gasteiger partial charge in [0.2, 0.25) is 11.7 Å². The summed E-state index contributed by atoms with van der Waals surface area (Å²) in [6.45, 7) is 0.978. The van der Waals surface area contributed by atoms with Gasteiger partial charge < -0.3 is 18.6 Å². The molecule has 0 unspecified atom stereocenters. The van der Waals surface area contributed by atoms with E-state index < -0.39 is 0 Å². The van der Waals surface area contributed by atoms with E-state index in [4.69, 9.17) is 14.0 Å². The lowest BCUT2D eigenvalue weighted by molar-refractivity contribution is 0.355. The van der Waals surface area contributed by atoms with Gasteiger partial charge in [-0.05, 0) is 31.0 Å².